The number of aryl methyl sites for hydroxylation is 3. The van der Waals surface area contributed by atoms with E-state index >= 15 is 0 Å². The van der Waals surface area contributed by atoms with E-state index in [2.05, 4.69) is 5.32 Å². The third kappa shape index (κ3) is 3.96. The minimum atomic E-state index is -0.163. The van der Waals surface area contributed by atoms with Crippen LogP contribution < -0.4 is 5.32 Å². The molecule has 0 aliphatic carbocycles. The molecular formula is C18H18ClNO. The van der Waals surface area contributed by atoms with Gasteiger partial charge >= 0.3 is 0 Å². The van der Waals surface area contributed by atoms with Crippen LogP contribution in [0.15, 0.2) is 42.5 Å². The number of nitrogens with one attached hydrogen (secondary N) is 1. The summed E-state index contributed by atoms with van der Waals surface area (Å²) in [5.41, 5.74) is 4.88. The fourth-order valence-electron chi connectivity index (χ4n) is 2.11. The number of carbonyl (C=O) groups excluding carboxylic acids is 1. The Morgan fingerprint density at radius 2 is 1.76 bits per heavy atom. The van der Waals surface area contributed by atoms with Crippen molar-refractivity contribution in [2.45, 2.75) is 20.8 Å². The molecule has 0 saturated carbocycles. The average Bonchev–Trinajstić information content (AvgIpc) is 2.42. The van der Waals surface area contributed by atoms with Crippen LogP contribution in [0.2, 0.25) is 5.02 Å². The standard InChI is InChI=1S/C18H18ClNO/c1-12-7-8-15(16(19)11-12)9-10-17(21)20-18-13(2)5-4-6-14(18)3/h4-11H,1-3H3,(H,20,21). The second kappa shape index (κ2) is 6.59. The van der Waals surface area contributed by atoms with Crippen LogP contribution in [0.5, 0.6) is 0 Å². The van der Waals surface area contributed by atoms with Crippen molar-refractivity contribution in [1.29, 1.82) is 0 Å². The maximum absolute atomic E-state index is 12.0. The molecule has 0 atom stereocenters. The SMILES string of the molecule is Cc1ccc(C=CC(=O)Nc2c(C)cccc2C)c(Cl)c1. The van der Waals surface area contributed by atoms with Gasteiger partial charge in [-0.1, -0.05) is 41.9 Å². The molecule has 2 rings (SSSR count). The largest absolute Gasteiger partial charge is 0.322 e. The first kappa shape index (κ1) is 15.3. The van der Waals surface area contributed by atoms with E-state index in [0.29, 0.717) is 5.02 Å². The van der Waals surface area contributed by atoms with Crippen LogP contribution >= 0.6 is 11.6 Å². The summed E-state index contributed by atoms with van der Waals surface area (Å²) in [6, 6.07) is 11.7. The predicted molar refractivity (Wildman–Crippen MR) is 89.8 cm³/mol. The van der Waals surface area contributed by atoms with Crippen LogP contribution in [-0.4, -0.2) is 5.91 Å². The van der Waals surface area contributed by atoms with Crippen LogP contribution in [-0.2, 0) is 4.79 Å². The molecule has 0 fully saturated rings. The maximum Gasteiger partial charge on any atom is 0.248 e. The van der Waals surface area contributed by atoms with E-state index < -0.39 is 0 Å². The fraction of sp³-hybridized carbons (Fsp3) is 0.167. The van der Waals surface area contributed by atoms with Gasteiger partial charge in [-0.05, 0) is 55.2 Å². The number of carbonyl (C=O) groups is 1. The molecule has 0 bridgehead atoms. The molecule has 0 unspecified atom stereocenters. The highest BCUT2D eigenvalue weighted by molar-refractivity contribution is 6.32. The summed E-state index contributed by atoms with van der Waals surface area (Å²) in [5.74, 6) is -0.163. The number of amides is 1. The lowest BCUT2D eigenvalue weighted by atomic mass is 10.1. The van der Waals surface area contributed by atoms with Crippen molar-refractivity contribution in [3.63, 3.8) is 0 Å². The van der Waals surface area contributed by atoms with Crippen molar-refractivity contribution in [1.82, 2.24) is 0 Å². The van der Waals surface area contributed by atoms with Crippen molar-refractivity contribution >= 4 is 29.3 Å². The molecule has 0 aromatic heterocycles. The number of benzene rings is 2. The Morgan fingerprint density at radius 3 is 2.38 bits per heavy atom. The van der Waals surface area contributed by atoms with E-state index in [1.807, 2.05) is 57.2 Å². The molecule has 0 aliphatic rings. The summed E-state index contributed by atoms with van der Waals surface area (Å²) >= 11 is 6.14. The zero-order chi connectivity index (χ0) is 15.4. The summed E-state index contributed by atoms with van der Waals surface area (Å²) in [6.45, 7) is 5.93. The Bertz CT molecular complexity index is 684. The first-order valence-electron chi connectivity index (χ1n) is 6.79. The predicted octanol–water partition coefficient (Wildman–Crippen LogP) is 4.92. The lowest BCUT2D eigenvalue weighted by molar-refractivity contribution is -0.111. The molecule has 2 nitrogen and oxygen atoms in total. The Labute approximate surface area is 130 Å². The first-order valence-corrected chi connectivity index (χ1v) is 7.16. The van der Waals surface area contributed by atoms with Crippen molar-refractivity contribution in [2.75, 3.05) is 5.32 Å². The number of para-hydroxylation sites is 1. The van der Waals surface area contributed by atoms with Gasteiger partial charge in [0.1, 0.15) is 0 Å². The van der Waals surface area contributed by atoms with Gasteiger partial charge in [0.05, 0.1) is 0 Å². The Hall–Kier alpha value is -2.06. The minimum Gasteiger partial charge on any atom is -0.322 e. The third-order valence-corrected chi connectivity index (χ3v) is 3.63. The van der Waals surface area contributed by atoms with Crippen molar-refractivity contribution in [3.8, 4) is 0 Å². The number of hydrogen-bond donors (Lipinski definition) is 1. The monoisotopic (exact) mass is 299 g/mol. The maximum atomic E-state index is 12.0. The number of rotatable bonds is 3. The summed E-state index contributed by atoms with van der Waals surface area (Å²) in [4.78, 5) is 12.0. The molecule has 2 aromatic carbocycles. The molecule has 1 amide bonds. The van der Waals surface area contributed by atoms with E-state index in [1.165, 1.54) is 6.08 Å². The zero-order valence-corrected chi connectivity index (χ0v) is 13.2. The number of halogens is 1. The van der Waals surface area contributed by atoms with Gasteiger partial charge in [0.25, 0.3) is 0 Å². The van der Waals surface area contributed by atoms with Gasteiger partial charge in [0, 0.05) is 16.8 Å². The lowest BCUT2D eigenvalue weighted by Crippen LogP contribution is -2.10. The van der Waals surface area contributed by atoms with Gasteiger partial charge in [-0.3, -0.25) is 4.79 Å². The molecule has 0 spiro atoms. The second-order valence-electron chi connectivity index (χ2n) is 5.11. The summed E-state index contributed by atoms with van der Waals surface area (Å²) < 4.78 is 0. The quantitative estimate of drug-likeness (QED) is 0.801. The van der Waals surface area contributed by atoms with Gasteiger partial charge in [0.2, 0.25) is 5.91 Å². The van der Waals surface area contributed by atoms with E-state index in [1.54, 1.807) is 6.08 Å². The molecule has 0 saturated heterocycles. The van der Waals surface area contributed by atoms with Crippen LogP contribution in [0.1, 0.15) is 22.3 Å². The normalized spacial score (nSPS) is 10.9. The molecule has 0 heterocycles. The van der Waals surface area contributed by atoms with Crippen LogP contribution in [0.3, 0.4) is 0 Å². The van der Waals surface area contributed by atoms with Crippen molar-refractivity contribution < 1.29 is 4.79 Å². The van der Waals surface area contributed by atoms with Gasteiger partial charge in [-0.15, -0.1) is 0 Å². The van der Waals surface area contributed by atoms with E-state index in [-0.39, 0.29) is 5.91 Å². The molecule has 3 heteroatoms. The van der Waals surface area contributed by atoms with Gasteiger partial charge in [-0.2, -0.15) is 0 Å². The van der Waals surface area contributed by atoms with Gasteiger partial charge in [0.15, 0.2) is 0 Å². The van der Waals surface area contributed by atoms with Crippen LogP contribution in [0.4, 0.5) is 5.69 Å². The Balaban J connectivity index is 2.13. The first-order chi connectivity index (χ1) is 9.97. The lowest BCUT2D eigenvalue weighted by Gasteiger charge is -2.09. The number of anilines is 1. The molecule has 108 valence electrons. The van der Waals surface area contributed by atoms with Crippen molar-refractivity contribution in [3.05, 3.63) is 69.8 Å². The van der Waals surface area contributed by atoms with E-state index in [0.717, 1.165) is 27.9 Å². The smallest absolute Gasteiger partial charge is 0.248 e. The third-order valence-electron chi connectivity index (χ3n) is 3.30. The Kier molecular flexibility index (Phi) is 4.81. The molecule has 1 N–H and O–H groups in total. The zero-order valence-electron chi connectivity index (χ0n) is 12.4. The van der Waals surface area contributed by atoms with Crippen molar-refractivity contribution in [2.24, 2.45) is 0 Å². The highest BCUT2D eigenvalue weighted by Crippen LogP contribution is 2.21. The molecule has 2 aromatic rings. The van der Waals surface area contributed by atoms with Gasteiger partial charge in [-0.25, -0.2) is 0 Å². The number of hydrogen-bond acceptors (Lipinski definition) is 1. The summed E-state index contributed by atoms with van der Waals surface area (Å²) in [7, 11) is 0. The second-order valence-corrected chi connectivity index (χ2v) is 5.52. The van der Waals surface area contributed by atoms with E-state index in [9.17, 15) is 4.79 Å². The molecular weight excluding hydrogens is 282 g/mol. The highest BCUT2D eigenvalue weighted by Gasteiger charge is 2.05. The van der Waals surface area contributed by atoms with Gasteiger partial charge < -0.3 is 5.32 Å². The topological polar surface area (TPSA) is 29.1 Å². The molecule has 21 heavy (non-hydrogen) atoms. The fourth-order valence-corrected chi connectivity index (χ4v) is 2.41. The van der Waals surface area contributed by atoms with Crippen LogP contribution in [0.25, 0.3) is 6.08 Å². The molecule has 0 radical (unpaired) electrons. The van der Waals surface area contributed by atoms with Crippen LogP contribution in [0, 0.1) is 20.8 Å². The summed E-state index contributed by atoms with van der Waals surface area (Å²) in [5, 5.41) is 3.56. The highest BCUT2D eigenvalue weighted by atomic mass is 35.5. The van der Waals surface area contributed by atoms with E-state index in [4.69, 9.17) is 11.6 Å². The molecule has 0 aliphatic heterocycles. The minimum absolute atomic E-state index is 0.163. The average molecular weight is 300 g/mol. The Morgan fingerprint density at radius 1 is 1.10 bits per heavy atom. The summed E-state index contributed by atoms with van der Waals surface area (Å²) in [6.07, 6.45) is 3.23.